The average Bonchev–Trinajstić information content (AvgIpc) is 2.24. The van der Waals surface area contributed by atoms with Crippen LogP contribution in [0.1, 0.15) is 10.4 Å². The highest BCUT2D eigenvalue weighted by atomic mass is 127. The number of carbonyl (C=O) groups is 1. The Bertz CT molecular complexity index is 549. The molecule has 15 heavy (non-hydrogen) atoms. The van der Waals surface area contributed by atoms with Crippen molar-refractivity contribution in [3.63, 3.8) is 0 Å². The Labute approximate surface area is 128 Å². The van der Waals surface area contributed by atoms with Crippen molar-refractivity contribution in [2.45, 2.75) is 0 Å². The molecule has 76 valence electrons. The van der Waals surface area contributed by atoms with Crippen LogP contribution < -0.4 is 0 Å². The molecule has 0 aliphatic heterocycles. The van der Waals surface area contributed by atoms with E-state index in [-0.39, 0.29) is 0 Å². The Morgan fingerprint density at radius 2 is 1.60 bits per heavy atom. The van der Waals surface area contributed by atoms with Crippen LogP contribution in [-0.4, -0.2) is 6.29 Å². The van der Waals surface area contributed by atoms with E-state index in [0.717, 1.165) is 15.4 Å². The quantitative estimate of drug-likeness (QED) is 0.391. The lowest BCUT2D eigenvalue weighted by molar-refractivity contribution is 0.112. The van der Waals surface area contributed by atoms with Gasteiger partial charge in [-0.25, -0.2) is 0 Å². The highest BCUT2D eigenvalue weighted by Crippen LogP contribution is 2.30. The van der Waals surface area contributed by atoms with Crippen LogP contribution >= 0.6 is 67.8 Å². The van der Waals surface area contributed by atoms with E-state index in [2.05, 4.69) is 79.9 Å². The predicted molar refractivity (Wildman–Crippen MR) is 87.5 cm³/mol. The molecule has 0 spiro atoms. The molecule has 2 aromatic rings. The smallest absolute Gasteiger partial charge is 0.151 e. The molecule has 0 saturated carbocycles. The normalized spacial score (nSPS) is 10.6. The first-order valence-electron chi connectivity index (χ1n) is 4.16. The van der Waals surface area contributed by atoms with Gasteiger partial charge in [0.25, 0.3) is 0 Å². The monoisotopic (exact) mass is 534 g/mol. The second kappa shape index (κ2) is 4.82. The number of halogens is 3. The van der Waals surface area contributed by atoms with Gasteiger partial charge in [-0.3, -0.25) is 4.79 Å². The zero-order valence-corrected chi connectivity index (χ0v) is 13.9. The summed E-state index contributed by atoms with van der Waals surface area (Å²) in [4.78, 5) is 10.9. The van der Waals surface area contributed by atoms with Crippen molar-refractivity contribution in [3.8, 4) is 0 Å². The van der Waals surface area contributed by atoms with Gasteiger partial charge in [0, 0.05) is 21.7 Å². The van der Waals surface area contributed by atoms with Crippen LogP contribution in [0.2, 0.25) is 0 Å². The van der Waals surface area contributed by atoms with Gasteiger partial charge < -0.3 is 0 Å². The van der Waals surface area contributed by atoms with E-state index in [9.17, 15) is 4.79 Å². The molecule has 0 aromatic heterocycles. The summed E-state index contributed by atoms with van der Waals surface area (Å²) in [7, 11) is 0. The fraction of sp³-hybridized carbons (Fsp3) is 0. The van der Waals surface area contributed by atoms with E-state index in [4.69, 9.17) is 0 Å². The molecular weight excluding hydrogens is 529 g/mol. The molecule has 0 bridgehead atoms. The zero-order chi connectivity index (χ0) is 11.0. The van der Waals surface area contributed by atoms with Crippen LogP contribution in [0.3, 0.4) is 0 Å². The van der Waals surface area contributed by atoms with Gasteiger partial charge in [-0.05, 0) is 85.3 Å². The van der Waals surface area contributed by atoms with E-state index in [0.29, 0.717) is 0 Å². The maximum absolute atomic E-state index is 10.9. The fourth-order valence-corrected chi connectivity index (χ4v) is 4.03. The van der Waals surface area contributed by atoms with Crippen LogP contribution in [0.25, 0.3) is 10.8 Å². The van der Waals surface area contributed by atoms with Gasteiger partial charge in [0.05, 0.1) is 0 Å². The lowest BCUT2D eigenvalue weighted by Gasteiger charge is -2.07. The lowest BCUT2D eigenvalue weighted by Crippen LogP contribution is -1.91. The minimum Gasteiger partial charge on any atom is -0.298 e. The second-order valence-electron chi connectivity index (χ2n) is 3.05. The summed E-state index contributed by atoms with van der Waals surface area (Å²) < 4.78 is 3.49. The molecule has 0 fully saturated rings. The molecule has 0 aliphatic carbocycles. The van der Waals surface area contributed by atoms with Crippen molar-refractivity contribution in [1.82, 2.24) is 0 Å². The third kappa shape index (κ3) is 2.17. The Morgan fingerprint density at radius 1 is 0.933 bits per heavy atom. The van der Waals surface area contributed by atoms with Gasteiger partial charge in [0.15, 0.2) is 6.29 Å². The summed E-state index contributed by atoms with van der Waals surface area (Å²) in [5.74, 6) is 0. The van der Waals surface area contributed by atoms with Crippen LogP contribution in [0.4, 0.5) is 0 Å². The average molecular weight is 534 g/mol. The number of fused-ring (bicyclic) bond motifs is 1. The molecule has 1 nitrogen and oxygen atoms in total. The van der Waals surface area contributed by atoms with Crippen molar-refractivity contribution in [2.75, 3.05) is 0 Å². The van der Waals surface area contributed by atoms with Gasteiger partial charge in [0.1, 0.15) is 0 Å². The van der Waals surface area contributed by atoms with Gasteiger partial charge in [0.2, 0.25) is 0 Å². The van der Waals surface area contributed by atoms with Gasteiger partial charge in [-0.2, -0.15) is 0 Å². The molecule has 0 saturated heterocycles. The Balaban J connectivity index is 2.95. The molecular formula is C11H5I3O. The summed E-state index contributed by atoms with van der Waals surface area (Å²) in [6.45, 7) is 0. The van der Waals surface area contributed by atoms with Crippen molar-refractivity contribution < 1.29 is 4.79 Å². The van der Waals surface area contributed by atoms with E-state index >= 15 is 0 Å². The molecule has 0 amide bonds. The van der Waals surface area contributed by atoms with Crippen LogP contribution in [0.5, 0.6) is 0 Å². The molecule has 0 atom stereocenters. The summed E-state index contributed by atoms with van der Waals surface area (Å²) in [5, 5.41) is 2.38. The molecule has 0 heterocycles. The van der Waals surface area contributed by atoms with Gasteiger partial charge in [-0.15, -0.1) is 0 Å². The van der Waals surface area contributed by atoms with Crippen LogP contribution in [-0.2, 0) is 0 Å². The Hall–Kier alpha value is 0.560. The van der Waals surface area contributed by atoms with Crippen molar-refractivity contribution in [3.05, 3.63) is 40.5 Å². The lowest BCUT2D eigenvalue weighted by atomic mass is 10.1. The highest BCUT2D eigenvalue weighted by molar-refractivity contribution is 14.1. The summed E-state index contributed by atoms with van der Waals surface area (Å²) in [5.41, 5.74) is 0.767. The Kier molecular flexibility index (Phi) is 3.87. The molecule has 2 rings (SSSR count). The largest absolute Gasteiger partial charge is 0.298 e. The van der Waals surface area contributed by atoms with Crippen molar-refractivity contribution >= 4 is 84.8 Å². The first-order chi connectivity index (χ1) is 7.15. The topological polar surface area (TPSA) is 17.1 Å². The zero-order valence-electron chi connectivity index (χ0n) is 7.43. The third-order valence-corrected chi connectivity index (χ3v) is 6.38. The summed E-state index contributed by atoms with van der Waals surface area (Å²) >= 11 is 6.89. The number of hydrogen-bond acceptors (Lipinski definition) is 1. The van der Waals surface area contributed by atoms with E-state index in [1.807, 2.05) is 12.1 Å². The number of hydrogen-bond donors (Lipinski definition) is 0. The molecule has 0 N–H and O–H groups in total. The van der Waals surface area contributed by atoms with Gasteiger partial charge >= 0.3 is 0 Å². The molecule has 4 heteroatoms. The first kappa shape index (κ1) is 12.0. The maximum Gasteiger partial charge on any atom is 0.151 e. The predicted octanol–water partition coefficient (Wildman–Crippen LogP) is 4.47. The third-order valence-electron chi connectivity index (χ3n) is 2.17. The summed E-state index contributed by atoms with van der Waals surface area (Å²) in [6, 6.07) is 8.07. The first-order valence-corrected chi connectivity index (χ1v) is 7.40. The SMILES string of the molecule is O=Cc1ccc2ccc(I)c(I)c2c1I. The Morgan fingerprint density at radius 3 is 2.27 bits per heavy atom. The fourth-order valence-electron chi connectivity index (χ4n) is 1.42. The van der Waals surface area contributed by atoms with Crippen molar-refractivity contribution in [2.24, 2.45) is 0 Å². The molecule has 2 aromatic carbocycles. The van der Waals surface area contributed by atoms with E-state index in [1.165, 1.54) is 17.9 Å². The standard InChI is InChI=1S/C11H5I3O/c12-8-4-3-6-1-2-7(5-15)10(13)9(6)11(8)14/h1-5H. The van der Waals surface area contributed by atoms with Crippen LogP contribution in [0.15, 0.2) is 24.3 Å². The minimum atomic E-state index is 0.767. The molecule has 0 unspecified atom stereocenters. The maximum atomic E-state index is 10.9. The number of carbonyl (C=O) groups excluding carboxylic acids is 1. The van der Waals surface area contributed by atoms with Gasteiger partial charge in [-0.1, -0.05) is 12.1 Å². The molecule has 0 aliphatic rings. The number of benzene rings is 2. The second-order valence-corrected chi connectivity index (χ2v) is 6.37. The number of rotatable bonds is 1. The van der Waals surface area contributed by atoms with Crippen LogP contribution in [0, 0.1) is 10.7 Å². The van der Waals surface area contributed by atoms with E-state index in [1.54, 1.807) is 0 Å². The van der Waals surface area contributed by atoms with Crippen molar-refractivity contribution in [1.29, 1.82) is 0 Å². The molecule has 0 radical (unpaired) electrons. The van der Waals surface area contributed by atoms with E-state index < -0.39 is 0 Å². The minimum absolute atomic E-state index is 0.767. The summed E-state index contributed by atoms with van der Waals surface area (Å²) in [6.07, 6.45) is 0.914. The number of aldehydes is 1. The highest BCUT2D eigenvalue weighted by Gasteiger charge is 2.09.